The van der Waals surface area contributed by atoms with Crippen molar-refractivity contribution in [2.75, 3.05) is 23.8 Å². The van der Waals surface area contributed by atoms with Crippen LogP contribution in [-0.4, -0.2) is 69.3 Å². The van der Waals surface area contributed by atoms with Crippen LogP contribution < -0.4 is 0 Å². The molecule has 27 heavy (non-hydrogen) atoms. The monoisotopic (exact) mass is 409 g/mol. The van der Waals surface area contributed by atoms with Crippen LogP contribution in [0, 0.1) is 13.8 Å². The zero-order chi connectivity index (χ0) is 19.6. The summed E-state index contributed by atoms with van der Waals surface area (Å²) in [4.78, 5) is 14.3. The molecule has 0 saturated carbocycles. The number of aromatic nitrogens is 4. The lowest BCUT2D eigenvalue weighted by Gasteiger charge is -2.26. The second kappa shape index (κ2) is 7.97. The number of hydrogen-bond donors (Lipinski definition) is 0. The fourth-order valence-electron chi connectivity index (χ4n) is 3.37. The molecule has 0 bridgehead atoms. The Morgan fingerprint density at radius 3 is 2.59 bits per heavy atom. The second-order valence-corrected chi connectivity index (χ2v) is 9.92. The topological polar surface area (TPSA) is 98.1 Å². The second-order valence-electron chi connectivity index (χ2n) is 6.74. The van der Waals surface area contributed by atoms with Crippen LogP contribution >= 0.6 is 11.8 Å². The lowest BCUT2D eigenvalue weighted by atomic mass is 10.1. The highest BCUT2D eigenvalue weighted by atomic mass is 32.2. The molecular weight excluding hydrogens is 386 g/mol. The van der Waals surface area contributed by atoms with Crippen LogP contribution in [0.1, 0.15) is 24.5 Å². The van der Waals surface area contributed by atoms with Crippen molar-refractivity contribution in [2.24, 2.45) is 0 Å². The Kier molecular flexibility index (Phi) is 5.85. The Labute approximate surface area is 163 Å². The van der Waals surface area contributed by atoms with Gasteiger partial charge in [0.05, 0.1) is 22.9 Å². The van der Waals surface area contributed by atoms with Gasteiger partial charge in [0.25, 0.3) is 0 Å². The minimum absolute atomic E-state index is 0.0531. The standard InChI is InChI=1S/C17H23N5O3S2/c1-4-21(14-5-6-27(24,25)11-14)16(23)10-26-17-18-19-20-22(17)15-8-12(2)7-13(3)9-15/h7-9,14H,4-6,10-11H2,1-3H3/t14-/m0/s1. The Hall–Kier alpha value is -1.94. The SMILES string of the molecule is CCN(C(=O)CSc1nnnn1-c1cc(C)cc(C)c1)[C@H]1CCS(=O)(=O)C1. The van der Waals surface area contributed by atoms with Crippen molar-refractivity contribution in [1.29, 1.82) is 0 Å². The molecule has 1 aliphatic heterocycles. The molecule has 8 nitrogen and oxygen atoms in total. The van der Waals surface area contributed by atoms with Gasteiger partial charge in [-0.05, 0) is 60.9 Å². The summed E-state index contributed by atoms with van der Waals surface area (Å²) in [5.41, 5.74) is 3.06. The molecule has 3 rings (SSSR count). The quantitative estimate of drug-likeness (QED) is 0.665. The van der Waals surface area contributed by atoms with E-state index in [2.05, 4.69) is 21.6 Å². The summed E-state index contributed by atoms with van der Waals surface area (Å²) in [5.74, 6) is 0.270. The molecule has 1 fully saturated rings. The highest BCUT2D eigenvalue weighted by Crippen LogP contribution is 2.23. The summed E-state index contributed by atoms with van der Waals surface area (Å²) in [6, 6.07) is 5.80. The number of rotatable bonds is 6. The third-order valence-corrected chi connectivity index (χ3v) is 7.18. The molecule has 0 aliphatic carbocycles. The number of aryl methyl sites for hydroxylation is 2. The van der Waals surface area contributed by atoms with Crippen LogP contribution in [0.3, 0.4) is 0 Å². The van der Waals surface area contributed by atoms with E-state index in [4.69, 9.17) is 0 Å². The van der Waals surface area contributed by atoms with Crippen molar-refractivity contribution < 1.29 is 13.2 Å². The summed E-state index contributed by atoms with van der Waals surface area (Å²) in [6.07, 6.45) is 0.507. The largest absolute Gasteiger partial charge is 0.338 e. The number of carbonyl (C=O) groups is 1. The number of carbonyl (C=O) groups excluding carboxylic acids is 1. The van der Waals surface area contributed by atoms with Gasteiger partial charge >= 0.3 is 0 Å². The maximum absolute atomic E-state index is 12.7. The average molecular weight is 410 g/mol. The first-order chi connectivity index (χ1) is 12.8. The minimum atomic E-state index is -3.03. The highest BCUT2D eigenvalue weighted by molar-refractivity contribution is 7.99. The Morgan fingerprint density at radius 1 is 1.30 bits per heavy atom. The summed E-state index contributed by atoms with van der Waals surface area (Å²) >= 11 is 1.26. The number of sulfone groups is 1. The fourth-order valence-corrected chi connectivity index (χ4v) is 5.88. The van der Waals surface area contributed by atoms with Crippen LogP contribution in [0.15, 0.2) is 23.4 Å². The van der Waals surface area contributed by atoms with Crippen molar-refractivity contribution in [3.63, 3.8) is 0 Å². The molecule has 1 atom stereocenters. The van der Waals surface area contributed by atoms with Crippen molar-refractivity contribution in [3.05, 3.63) is 29.3 Å². The van der Waals surface area contributed by atoms with E-state index >= 15 is 0 Å². The van der Waals surface area contributed by atoms with Crippen LogP contribution in [0.2, 0.25) is 0 Å². The zero-order valence-electron chi connectivity index (χ0n) is 15.6. The first-order valence-electron chi connectivity index (χ1n) is 8.79. The smallest absolute Gasteiger partial charge is 0.233 e. The Bertz CT molecular complexity index is 922. The molecule has 0 unspecified atom stereocenters. The highest BCUT2D eigenvalue weighted by Gasteiger charge is 2.33. The van der Waals surface area contributed by atoms with E-state index in [0.717, 1.165) is 16.8 Å². The predicted molar refractivity (Wildman–Crippen MR) is 104 cm³/mol. The molecule has 2 heterocycles. The van der Waals surface area contributed by atoms with E-state index in [0.29, 0.717) is 18.1 Å². The number of benzene rings is 1. The molecule has 146 valence electrons. The molecule has 2 aromatic rings. The minimum Gasteiger partial charge on any atom is -0.338 e. The summed E-state index contributed by atoms with van der Waals surface area (Å²) in [5, 5.41) is 12.3. The fraction of sp³-hybridized carbons (Fsp3) is 0.529. The lowest BCUT2D eigenvalue weighted by Crippen LogP contribution is -2.42. The summed E-state index contributed by atoms with van der Waals surface area (Å²) in [7, 11) is -3.03. The van der Waals surface area contributed by atoms with Gasteiger partial charge in [0, 0.05) is 12.6 Å². The Balaban J connectivity index is 1.70. The van der Waals surface area contributed by atoms with Gasteiger partial charge in [-0.3, -0.25) is 4.79 Å². The van der Waals surface area contributed by atoms with Gasteiger partial charge in [0.1, 0.15) is 0 Å². The van der Waals surface area contributed by atoms with Crippen LogP contribution in [0.4, 0.5) is 0 Å². The van der Waals surface area contributed by atoms with E-state index in [-0.39, 0.29) is 29.2 Å². The third-order valence-electron chi connectivity index (χ3n) is 4.53. The van der Waals surface area contributed by atoms with Crippen molar-refractivity contribution >= 4 is 27.5 Å². The molecule has 1 aromatic carbocycles. The zero-order valence-corrected chi connectivity index (χ0v) is 17.3. The van der Waals surface area contributed by atoms with Crippen molar-refractivity contribution in [3.8, 4) is 5.69 Å². The van der Waals surface area contributed by atoms with Gasteiger partial charge in [-0.1, -0.05) is 17.8 Å². The van der Waals surface area contributed by atoms with Gasteiger partial charge in [0.2, 0.25) is 11.1 Å². The normalized spacial score (nSPS) is 18.6. The molecule has 1 aliphatic rings. The number of hydrogen-bond acceptors (Lipinski definition) is 7. The summed E-state index contributed by atoms with van der Waals surface area (Å²) in [6.45, 7) is 6.37. The van der Waals surface area contributed by atoms with Gasteiger partial charge in [-0.15, -0.1) is 5.10 Å². The average Bonchev–Trinajstić information content (AvgIpc) is 3.19. The van der Waals surface area contributed by atoms with Crippen LogP contribution in [0.5, 0.6) is 0 Å². The van der Waals surface area contributed by atoms with Crippen LogP contribution in [0.25, 0.3) is 5.69 Å². The van der Waals surface area contributed by atoms with Crippen LogP contribution in [-0.2, 0) is 14.6 Å². The molecular formula is C17H23N5O3S2. The Morgan fingerprint density at radius 2 is 2.00 bits per heavy atom. The number of thioether (sulfide) groups is 1. The number of amides is 1. The maximum atomic E-state index is 12.7. The van der Waals surface area contributed by atoms with E-state index < -0.39 is 9.84 Å². The summed E-state index contributed by atoms with van der Waals surface area (Å²) < 4.78 is 25.0. The van der Waals surface area contributed by atoms with Gasteiger partial charge in [0.15, 0.2) is 9.84 Å². The molecule has 1 amide bonds. The molecule has 0 spiro atoms. The first-order valence-corrected chi connectivity index (χ1v) is 11.6. The van der Waals surface area contributed by atoms with Gasteiger partial charge < -0.3 is 4.90 Å². The molecule has 0 radical (unpaired) electrons. The van der Waals surface area contributed by atoms with Gasteiger partial charge in [-0.25, -0.2) is 8.42 Å². The van der Waals surface area contributed by atoms with Crippen molar-refractivity contribution in [1.82, 2.24) is 25.1 Å². The first kappa shape index (κ1) is 19.8. The molecule has 1 saturated heterocycles. The predicted octanol–water partition coefficient (Wildman–Crippen LogP) is 1.41. The molecule has 1 aromatic heterocycles. The third kappa shape index (κ3) is 4.67. The molecule has 10 heteroatoms. The number of nitrogens with zero attached hydrogens (tertiary/aromatic N) is 5. The van der Waals surface area contributed by atoms with E-state index in [1.54, 1.807) is 9.58 Å². The van der Waals surface area contributed by atoms with E-state index in [1.807, 2.05) is 32.9 Å². The molecule has 0 N–H and O–H groups in total. The van der Waals surface area contributed by atoms with E-state index in [1.165, 1.54) is 11.8 Å². The van der Waals surface area contributed by atoms with Crippen molar-refractivity contribution in [2.45, 2.75) is 38.4 Å². The van der Waals surface area contributed by atoms with E-state index in [9.17, 15) is 13.2 Å². The van der Waals surface area contributed by atoms with Gasteiger partial charge in [-0.2, -0.15) is 4.68 Å². The number of tetrazole rings is 1. The maximum Gasteiger partial charge on any atom is 0.233 e. The lowest BCUT2D eigenvalue weighted by molar-refractivity contribution is -0.129.